The lowest BCUT2D eigenvalue weighted by Crippen LogP contribution is -2.20. The van der Waals surface area contributed by atoms with Crippen LogP contribution in [0.3, 0.4) is 0 Å². The second-order valence-corrected chi connectivity index (χ2v) is 4.83. The summed E-state index contributed by atoms with van der Waals surface area (Å²) < 4.78 is 15.4. The molecule has 0 aliphatic rings. The Morgan fingerprint density at radius 2 is 2.00 bits per heavy atom. The summed E-state index contributed by atoms with van der Waals surface area (Å²) in [6, 6.07) is 6.41. The lowest BCUT2D eigenvalue weighted by Gasteiger charge is -2.11. The molecule has 0 unspecified atom stereocenters. The minimum absolute atomic E-state index is 0.339. The predicted octanol–water partition coefficient (Wildman–Crippen LogP) is 3.47. The highest BCUT2D eigenvalue weighted by Gasteiger charge is 2.12. The molecule has 0 aliphatic carbocycles. The van der Waals surface area contributed by atoms with E-state index in [0.29, 0.717) is 10.8 Å². The zero-order valence-corrected chi connectivity index (χ0v) is 12.5. The van der Waals surface area contributed by atoms with Crippen molar-refractivity contribution >= 4 is 28.7 Å². The molecule has 0 atom stereocenters. The number of thiocarbonyl (C=S) groups is 1. The Hall–Kier alpha value is -1.95. The van der Waals surface area contributed by atoms with Crippen LogP contribution in [0.4, 0.5) is 15.8 Å². The van der Waals surface area contributed by atoms with Gasteiger partial charge in [-0.2, -0.15) is 5.10 Å². The van der Waals surface area contributed by atoms with Gasteiger partial charge < -0.3 is 10.6 Å². The standard InChI is InChI=1S/C14H17FN4S/c1-4-19-10(3)13(9(2)18-19)17-14(20)16-12-8-6-5-7-11(12)15/h5-8H,4H2,1-3H3,(H2,16,17,20). The Labute approximate surface area is 123 Å². The number of hydrogen-bond donors (Lipinski definition) is 2. The third kappa shape index (κ3) is 2.96. The highest BCUT2D eigenvalue weighted by molar-refractivity contribution is 7.80. The van der Waals surface area contributed by atoms with Gasteiger partial charge in [-0.1, -0.05) is 12.1 Å². The number of hydrogen-bond acceptors (Lipinski definition) is 2. The van der Waals surface area contributed by atoms with E-state index in [1.54, 1.807) is 18.2 Å². The fourth-order valence-corrected chi connectivity index (χ4v) is 2.23. The quantitative estimate of drug-likeness (QED) is 0.850. The van der Waals surface area contributed by atoms with Gasteiger partial charge in [0.1, 0.15) is 5.82 Å². The number of aromatic nitrogens is 2. The lowest BCUT2D eigenvalue weighted by atomic mass is 10.3. The summed E-state index contributed by atoms with van der Waals surface area (Å²) >= 11 is 5.22. The Morgan fingerprint density at radius 3 is 2.60 bits per heavy atom. The van der Waals surface area contributed by atoms with Crippen molar-refractivity contribution in [1.29, 1.82) is 0 Å². The van der Waals surface area contributed by atoms with E-state index in [2.05, 4.69) is 15.7 Å². The van der Waals surface area contributed by atoms with Crippen molar-refractivity contribution < 1.29 is 4.39 Å². The maximum atomic E-state index is 13.5. The molecule has 0 aliphatic heterocycles. The Bertz CT molecular complexity index is 636. The number of nitrogens with zero attached hydrogens (tertiary/aromatic N) is 2. The maximum absolute atomic E-state index is 13.5. The van der Waals surface area contributed by atoms with Gasteiger partial charge in [0.15, 0.2) is 5.11 Å². The van der Waals surface area contributed by atoms with Gasteiger partial charge in [0.05, 0.1) is 22.8 Å². The zero-order chi connectivity index (χ0) is 14.7. The lowest BCUT2D eigenvalue weighted by molar-refractivity contribution is 0.632. The molecule has 0 fully saturated rings. The van der Waals surface area contributed by atoms with E-state index in [-0.39, 0.29) is 5.82 Å². The first-order valence-corrected chi connectivity index (χ1v) is 6.80. The third-order valence-electron chi connectivity index (χ3n) is 3.04. The van der Waals surface area contributed by atoms with Gasteiger partial charge in [-0.05, 0) is 45.1 Å². The van der Waals surface area contributed by atoms with E-state index in [1.165, 1.54) is 6.07 Å². The van der Waals surface area contributed by atoms with Crippen LogP contribution < -0.4 is 10.6 Å². The second-order valence-electron chi connectivity index (χ2n) is 4.42. The molecule has 2 aromatic rings. The molecule has 1 aromatic heterocycles. The summed E-state index contributed by atoms with van der Waals surface area (Å²) in [4.78, 5) is 0. The van der Waals surface area contributed by atoms with Crippen LogP contribution in [0.2, 0.25) is 0 Å². The molecule has 0 bridgehead atoms. The van der Waals surface area contributed by atoms with Crippen LogP contribution in [0.15, 0.2) is 24.3 Å². The van der Waals surface area contributed by atoms with E-state index in [4.69, 9.17) is 12.2 Å². The molecule has 0 saturated carbocycles. The number of nitrogens with one attached hydrogen (secondary N) is 2. The number of para-hydroxylation sites is 1. The monoisotopic (exact) mass is 292 g/mol. The summed E-state index contributed by atoms with van der Waals surface area (Å²) in [5.41, 5.74) is 3.08. The number of anilines is 2. The number of halogens is 1. The minimum Gasteiger partial charge on any atom is -0.330 e. The van der Waals surface area contributed by atoms with Crippen LogP contribution in [0.25, 0.3) is 0 Å². The predicted molar refractivity (Wildman–Crippen MR) is 83.6 cm³/mol. The molecule has 0 amide bonds. The molecule has 0 spiro atoms. The summed E-state index contributed by atoms with van der Waals surface area (Å²) in [5.74, 6) is -0.339. The highest BCUT2D eigenvalue weighted by atomic mass is 32.1. The molecular formula is C14H17FN4S. The SMILES string of the molecule is CCn1nc(C)c(NC(=S)Nc2ccccc2F)c1C. The number of benzene rings is 1. The van der Waals surface area contributed by atoms with E-state index in [1.807, 2.05) is 25.5 Å². The number of aryl methyl sites for hydroxylation is 2. The van der Waals surface area contributed by atoms with Gasteiger partial charge >= 0.3 is 0 Å². The molecule has 2 rings (SSSR count). The maximum Gasteiger partial charge on any atom is 0.175 e. The Kier molecular flexibility index (Phi) is 4.34. The van der Waals surface area contributed by atoms with E-state index < -0.39 is 0 Å². The molecule has 0 radical (unpaired) electrons. The van der Waals surface area contributed by atoms with Crippen molar-refractivity contribution in [2.24, 2.45) is 0 Å². The van der Waals surface area contributed by atoms with Gasteiger partial charge in [0.2, 0.25) is 0 Å². The summed E-state index contributed by atoms with van der Waals surface area (Å²) in [6.45, 7) is 6.70. The van der Waals surface area contributed by atoms with Crippen LogP contribution in [0, 0.1) is 19.7 Å². The van der Waals surface area contributed by atoms with Crippen molar-refractivity contribution in [2.75, 3.05) is 10.6 Å². The average molecular weight is 292 g/mol. The van der Waals surface area contributed by atoms with Gasteiger partial charge in [-0.25, -0.2) is 4.39 Å². The minimum atomic E-state index is -0.339. The Morgan fingerprint density at radius 1 is 1.30 bits per heavy atom. The van der Waals surface area contributed by atoms with Crippen LogP contribution >= 0.6 is 12.2 Å². The second kappa shape index (κ2) is 6.00. The van der Waals surface area contributed by atoms with E-state index in [0.717, 1.165) is 23.6 Å². The molecular weight excluding hydrogens is 275 g/mol. The smallest absolute Gasteiger partial charge is 0.175 e. The molecule has 4 nitrogen and oxygen atoms in total. The van der Waals surface area contributed by atoms with Crippen molar-refractivity contribution in [3.63, 3.8) is 0 Å². The molecule has 0 saturated heterocycles. The fraction of sp³-hybridized carbons (Fsp3) is 0.286. The average Bonchev–Trinajstić information content (AvgIpc) is 2.69. The van der Waals surface area contributed by atoms with Crippen LogP contribution in [-0.2, 0) is 6.54 Å². The normalized spacial score (nSPS) is 10.4. The molecule has 1 heterocycles. The first-order chi connectivity index (χ1) is 9.52. The fourth-order valence-electron chi connectivity index (χ4n) is 2.02. The third-order valence-corrected chi connectivity index (χ3v) is 3.25. The molecule has 2 N–H and O–H groups in total. The summed E-state index contributed by atoms with van der Waals surface area (Å²) in [7, 11) is 0. The first kappa shape index (κ1) is 14.5. The Balaban J connectivity index is 2.13. The largest absolute Gasteiger partial charge is 0.330 e. The topological polar surface area (TPSA) is 41.9 Å². The van der Waals surface area contributed by atoms with Gasteiger partial charge in [-0.15, -0.1) is 0 Å². The first-order valence-electron chi connectivity index (χ1n) is 6.39. The zero-order valence-electron chi connectivity index (χ0n) is 11.7. The van der Waals surface area contributed by atoms with Gasteiger partial charge in [-0.3, -0.25) is 4.68 Å². The molecule has 1 aromatic carbocycles. The number of rotatable bonds is 3. The molecule has 106 valence electrons. The summed E-state index contributed by atoms with van der Waals surface area (Å²) in [5, 5.41) is 10.7. The van der Waals surface area contributed by atoms with Crippen LogP contribution in [-0.4, -0.2) is 14.9 Å². The summed E-state index contributed by atoms with van der Waals surface area (Å²) in [6.07, 6.45) is 0. The van der Waals surface area contributed by atoms with E-state index in [9.17, 15) is 4.39 Å². The molecule has 20 heavy (non-hydrogen) atoms. The van der Waals surface area contributed by atoms with Gasteiger partial charge in [0, 0.05) is 6.54 Å². The molecule has 6 heteroatoms. The highest BCUT2D eigenvalue weighted by Crippen LogP contribution is 2.20. The van der Waals surface area contributed by atoms with Gasteiger partial charge in [0.25, 0.3) is 0 Å². The van der Waals surface area contributed by atoms with E-state index >= 15 is 0 Å². The van der Waals surface area contributed by atoms with Crippen molar-refractivity contribution in [3.05, 3.63) is 41.5 Å². The van der Waals surface area contributed by atoms with Crippen molar-refractivity contribution in [1.82, 2.24) is 9.78 Å². The van der Waals surface area contributed by atoms with Crippen LogP contribution in [0.5, 0.6) is 0 Å². The van der Waals surface area contributed by atoms with Crippen molar-refractivity contribution in [2.45, 2.75) is 27.3 Å². The van der Waals surface area contributed by atoms with Crippen LogP contribution in [0.1, 0.15) is 18.3 Å². The van der Waals surface area contributed by atoms with Crippen molar-refractivity contribution in [3.8, 4) is 0 Å².